The number of primary sulfonamides is 1. The summed E-state index contributed by atoms with van der Waals surface area (Å²) in [6.07, 6.45) is 0. The number of carbonyl (C=O) groups is 1. The maximum Gasteiger partial charge on any atom is 0.322 e. The van der Waals surface area contributed by atoms with Gasteiger partial charge in [0.15, 0.2) is 0 Å². The van der Waals surface area contributed by atoms with Gasteiger partial charge in [0.1, 0.15) is 6.54 Å². The Labute approximate surface area is 218 Å². The van der Waals surface area contributed by atoms with Gasteiger partial charge in [0.25, 0.3) is 0 Å². The molecule has 0 aliphatic carbocycles. The molecule has 3 aromatic carbocycles. The van der Waals surface area contributed by atoms with Gasteiger partial charge in [-0.3, -0.25) is 4.79 Å². The normalized spacial score (nSPS) is 12.5. The van der Waals surface area contributed by atoms with E-state index >= 15 is 0 Å². The second kappa shape index (κ2) is 11.0. The lowest BCUT2D eigenvalue weighted by Crippen LogP contribution is -2.30. The summed E-state index contributed by atoms with van der Waals surface area (Å²) in [5.41, 5.74) is 2.61. The van der Waals surface area contributed by atoms with Crippen LogP contribution in [0.4, 0.5) is 5.69 Å². The fourth-order valence-electron chi connectivity index (χ4n) is 3.65. The van der Waals surface area contributed by atoms with Crippen LogP contribution in [0.1, 0.15) is 37.5 Å². The molecule has 0 heterocycles. The summed E-state index contributed by atoms with van der Waals surface area (Å²) in [6, 6.07) is 19.3. The Morgan fingerprint density at radius 3 is 1.97 bits per heavy atom. The fraction of sp³-hybridized carbons (Fsp3) is 0.269. The predicted molar refractivity (Wildman–Crippen MR) is 142 cm³/mol. The van der Waals surface area contributed by atoms with Crippen LogP contribution in [0.15, 0.2) is 82.6 Å². The first-order valence-electron chi connectivity index (χ1n) is 11.4. The third kappa shape index (κ3) is 7.62. The quantitative estimate of drug-likeness (QED) is 0.353. The molecule has 0 aliphatic heterocycles. The molecule has 0 atom stereocenters. The van der Waals surface area contributed by atoms with Gasteiger partial charge in [0, 0.05) is 18.8 Å². The molecule has 0 unspecified atom stereocenters. The molecular formula is C26H31N3O6S2. The second-order valence-electron chi connectivity index (χ2n) is 9.68. The van der Waals surface area contributed by atoms with E-state index in [4.69, 9.17) is 10.2 Å². The lowest BCUT2D eigenvalue weighted by atomic mass is 9.87. The summed E-state index contributed by atoms with van der Waals surface area (Å²) in [7, 11) is -7.84. The molecule has 0 aliphatic rings. The molecule has 198 valence electrons. The molecule has 4 N–H and O–H groups in total. The average Bonchev–Trinajstić information content (AvgIpc) is 2.82. The Hall–Kier alpha value is -3.25. The van der Waals surface area contributed by atoms with Crippen LogP contribution in [-0.2, 0) is 43.3 Å². The van der Waals surface area contributed by atoms with Crippen LogP contribution < -0.4 is 10.5 Å². The van der Waals surface area contributed by atoms with Crippen molar-refractivity contribution in [2.75, 3.05) is 11.9 Å². The van der Waals surface area contributed by atoms with E-state index in [0.29, 0.717) is 16.8 Å². The van der Waals surface area contributed by atoms with E-state index in [-0.39, 0.29) is 34.8 Å². The minimum atomic E-state index is -3.96. The van der Waals surface area contributed by atoms with Crippen LogP contribution in [0.2, 0.25) is 0 Å². The van der Waals surface area contributed by atoms with Gasteiger partial charge < -0.3 is 10.4 Å². The molecular weight excluding hydrogens is 514 g/mol. The van der Waals surface area contributed by atoms with Gasteiger partial charge in [-0.15, -0.1) is 0 Å². The van der Waals surface area contributed by atoms with Crippen molar-refractivity contribution >= 4 is 31.7 Å². The summed E-state index contributed by atoms with van der Waals surface area (Å²) in [4.78, 5) is 11.0. The zero-order chi connectivity index (χ0) is 27.4. The second-order valence-corrected chi connectivity index (χ2v) is 13.2. The molecule has 0 saturated heterocycles. The summed E-state index contributed by atoms with van der Waals surface area (Å²) in [5, 5.41) is 16.9. The molecule has 0 fully saturated rings. The number of nitrogens with two attached hydrogens (primary N) is 1. The van der Waals surface area contributed by atoms with Gasteiger partial charge in [-0.25, -0.2) is 22.0 Å². The molecule has 0 saturated carbocycles. The molecule has 37 heavy (non-hydrogen) atoms. The van der Waals surface area contributed by atoms with E-state index in [2.05, 4.69) is 5.32 Å². The van der Waals surface area contributed by atoms with Crippen LogP contribution >= 0.6 is 0 Å². The Bertz CT molecular complexity index is 1460. The Morgan fingerprint density at radius 2 is 1.43 bits per heavy atom. The minimum absolute atomic E-state index is 0.00286. The van der Waals surface area contributed by atoms with Gasteiger partial charge in [0.2, 0.25) is 20.0 Å². The van der Waals surface area contributed by atoms with Gasteiger partial charge in [0.05, 0.1) is 9.79 Å². The van der Waals surface area contributed by atoms with E-state index < -0.39 is 26.0 Å². The van der Waals surface area contributed by atoms with Crippen molar-refractivity contribution in [2.24, 2.45) is 5.14 Å². The fourth-order valence-corrected chi connectivity index (χ4v) is 5.58. The van der Waals surface area contributed by atoms with E-state index in [1.165, 1.54) is 28.6 Å². The van der Waals surface area contributed by atoms with Crippen molar-refractivity contribution in [2.45, 2.75) is 49.1 Å². The first-order chi connectivity index (χ1) is 17.2. The van der Waals surface area contributed by atoms with Crippen molar-refractivity contribution in [3.05, 3.63) is 89.5 Å². The molecule has 0 spiro atoms. The zero-order valence-corrected chi connectivity index (χ0v) is 22.5. The minimum Gasteiger partial charge on any atom is -0.480 e. The number of benzene rings is 3. The molecule has 0 radical (unpaired) electrons. The van der Waals surface area contributed by atoms with Gasteiger partial charge >= 0.3 is 5.97 Å². The lowest BCUT2D eigenvalue weighted by molar-refractivity contribution is -0.134. The largest absolute Gasteiger partial charge is 0.480 e. The van der Waals surface area contributed by atoms with Crippen molar-refractivity contribution in [1.29, 1.82) is 0 Å². The maximum absolute atomic E-state index is 13.7. The summed E-state index contributed by atoms with van der Waals surface area (Å²) in [5.74, 6) is -1.02. The van der Waals surface area contributed by atoms with Crippen LogP contribution in [0.25, 0.3) is 0 Å². The molecule has 0 aromatic heterocycles. The highest BCUT2D eigenvalue weighted by Crippen LogP contribution is 2.27. The van der Waals surface area contributed by atoms with E-state index in [1.54, 1.807) is 48.5 Å². The number of carboxylic acid groups (broad SMARTS) is 1. The molecule has 0 amide bonds. The first kappa shape index (κ1) is 28.3. The zero-order valence-electron chi connectivity index (χ0n) is 20.9. The molecule has 9 nitrogen and oxygen atoms in total. The summed E-state index contributed by atoms with van der Waals surface area (Å²) >= 11 is 0. The molecule has 3 aromatic rings. The van der Waals surface area contributed by atoms with Crippen LogP contribution in [0.3, 0.4) is 0 Å². The van der Waals surface area contributed by atoms with Crippen LogP contribution in [0, 0.1) is 0 Å². The standard InChI is InChI=1S/C26H31N3O6S2/c1-26(2,3)21-9-13-24(14-10-21)37(34,35)29(17-19-7-11-23(12-8-19)36(27,32)33)18-20-5-4-6-22(15-20)28-16-25(30)31/h4-15,28H,16-18H2,1-3H3,(H,30,31)(H2,27,32,33). The van der Waals surface area contributed by atoms with Crippen LogP contribution in [-0.4, -0.2) is 38.8 Å². The third-order valence-electron chi connectivity index (χ3n) is 5.70. The topological polar surface area (TPSA) is 147 Å². The van der Waals surface area contributed by atoms with E-state index in [0.717, 1.165) is 5.56 Å². The van der Waals surface area contributed by atoms with Crippen LogP contribution in [0.5, 0.6) is 0 Å². The number of hydrogen-bond acceptors (Lipinski definition) is 6. The van der Waals surface area contributed by atoms with Crippen molar-refractivity contribution in [3.63, 3.8) is 0 Å². The SMILES string of the molecule is CC(C)(C)c1ccc(S(=O)(=O)N(Cc2ccc(S(N)(=O)=O)cc2)Cc2cccc(NCC(=O)O)c2)cc1. The smallest absolute Gasteiger partial charge is 0.322 e. The number of carboxylic acids is 1. The number of nitrogens with one attached hydrogen (secondary N) is 1. The predicted octanol–water partition coefficient (Wildman–Crippen LogP) is 3.52. The summed E-state index contributed by atoms with van der Waals surface area (Å²) < 4.78 is 52.0. The Balaban J connectivity index is 1.97. The average molecular weight is 546 g/mol. The van der Waals surface area contributed by atoms with Crippen molar-refractivity contribution < 1.29 is 26.7 Å². The monoisotopic (exact) mass is 545 g/mol. The van der Waals surface area contributed by atoms with E-state index in [9.17, 15) is 21.6 Å². The number of aliphatic carboxylic acids is 1. The highest BCUT2D eigenvalue weighted by Gasteiger charge is 2.26. The van der Waals surface area contributed by atoms with Gasteiger partial charge in [-0.2, -0.15) is 4.31 Å². The number of hydrogen-bond donors (Lipinski definition) is 3. The third-order valence-corrected chi connectivity index (χ3v) is 8.43. The molecule has 0 bridgehead atoms. The highest BCUT2D eigenvalue weighted by atomic mass is 32.2. The highest BCUT2D eigenvalue weighted by molar-refractivity contribution is 7.89. The summed E-state index contributed by atoms with van der Waals surface area (Å²) in [6.45, 7) is 5.82. The molecule has 3 rings (SSSR count). The van der Waals surface area contributed by atoms with Gasteiger partial charge in [-0.1, -0.05) is 57.2 Å². The van der Waals surface area contributed by atoms with Crippen molar-refractivity contribution in [3.8, 4) is 0 Å². The number of nitrogens with zero attached hydrogens (tertiary/aromatic N) is 1. The Morgan fingerprint density at radius 1 is 0.865 bits per heavy atom. The van der Waals surface area contributed by atoms with E-state index in [1.807, 2.05) is 20.8 Å². The first-order valence-corrected chi connectivity index (χ1v) is 14.4. The lowest BCUT2D eigenvalue weighted by Gasteiger charge is -2.24. The number of anilines is 1. The number of sulfonamides is 2. The Kier molecular flexibility index (Phi) is 8.43. The van der Waals surface area contributed by atoms with Crippen molar-refractivity contribution in [1.82, 2.24) is 4.31 Å². The molecule has 11 heteroatoms. The maximum atomic E-state index is 13.7. The number of rotatable bonds is 10. The van der Waals surface area contributed by atoms with Gasteiger partial charge in [-0.05, 0) is 58.5 Å².